The van der Waals surface area contributed by atoms with Crippen LogP contribution in [0.1, 0.15) is 31.4 Å². The van der Waals surface area contributed by atoms with Crippen LogP contribution in [0.3, 0.4) is 0 Å². The number of rotatable bonds is 6. The third kappa shape index (κ3) is 3.58. The van der Waals surface area contributed by atoms with Crippen LogP contribution in [0.15, 0.2) is 12.1 Å². The Morgan fingerprint density at radius 2 is 2.29 bits per heavy atom. The topological polar surface area (TPSA) is 34.2 Å². The molecular formula is C13H19ClN2O. The zero-order chi connectivity index (χ0) is 12.1. The number of ether oxygens (including phenoxy) is 1. The molecule has 4 heteroatoms. The van der Waals surface area contributed by atoms with Crippen molar-refractivity contribution in [2.45, 2.75) is 32.2 Å². The SMILES string of the molecule is CNCc1nc(OCCC2CCC2)ccc1Cl. The normalized spacial score (nSPS) is 15.6. The van der Waals surface area contributed by atoms with Gasteiger partial charge < -0.3 is 10.1 Å². The van der Waals surface area contributed by atoms with Gasteiger partial charge in [0.15, 0.2) is 0 Å². The van der Waals surface area contributed by atoms with Gasteiger partial charge in [0, 0.05) is 12.6 Å². The summed E-state index contributed by atoms with van der Waals surface area (Å²) in [6.45, 7) is 1.43. The van der Waals surface area contributed by atoms with E-state index < -0.39 is 0 Å². The fraction of sp³-hybridized carbons (Fsp3) is 0.615. The Labute approximate surface area is 108 Å². The molecular weight excluding hydrogens is 236 g/mol. The molecule has 0 atom stereocenters. The van der Waals surface area contributed by atoms with Gasteiger partial charge in [-0.25, -0.2) is 4.98 Å². The summed E-state index contributed by atoms with van der Waals surface area (Å²) >= 11 is 6.03. The van der Waals surface area contributed by atoms with Gasteiger partial charge in [0.05, 0.1) is 17.3 Å². The predicted octanol–water partition coefficient (Wildman–Crippen LogP) is 3.02. The summed E-state index contributed by atoms with van der Waals surface area (Å²) in [5, 5.41) is 3.73. The third-order valence-corrected chi connectivity index (χ3v) is 3.58. The Hall–Kier alpha value is -0.800. The van der Waals surface area contributed by atoms with Crippen molar-refractivity contribution >= 4 is 11.6 Å². The highest BCUT2D eigenvalue weighted by Gasteiger charge is 2.17. The molecule has 0 aromatic carbocycles. The maximum atomic E-state index is 6.03. The van der Waals surface area contributed by atoms with Gasteiger partial charge in [-0.15, -0.1) is 0 Å². The molecule has 1 aromatic rings. The van der Waals surface area contributed by atoms with Crippen LogP contribution in [-0.4, -0.2) is 18.6 Å². The molecule has 0 radical (unpaired) electrons. The Morgan fingerprint density at radius 1 is 1.47 bits per heavy atom. The first kappa shape index (κ1) is 12.7. The van der Waals surface area contributed by atoms with E-state index in [0.29, 0.717) is 17.4 Å². The Balaban J connectivity index is 1.84. The van der Waals surface area contributed by atoms with Crippen LogP contribution >= 0.6 is 11.6 Å². The molecule has 0 bridgehead atoms. The molecule has 1 saturated carbocycles. The van der Waals surface area contributed by atoms with Crippen molar-refractivity contribution < 1.29 is 4.74 Å². The molecule has 1 aliphatic carbocycles. The second kappa shape index (κ2) is 6.22. The lowest BCUT2D eigenvalue weighted by Gasteiger charge is -2.24. The lowest BCUT2D eigenvalue weighted by Crippen LogP contribution is -2.15. The molecule has 0 saturated heterocycles. The zero-order valence-electron chi connectivity index (χ0n) is 10.2. The van der Waals surface area contributed by atoms with Crippen LogP contribution in [0.4, 0.5) is 0 Å². The summed E-state index contributed by atoms with van der Waals surface area (Å²) in [7, 11) is 1.88. The summed E-state index contributed by atoms with van der Waals surface area (Å²) in [4.78, 5) is 4.39. The molecule has 0 aliphatic heterocycles. The second-order valence-corrected chi connectivity index (χ2v) is 4.95. The fourth-order valence-corrected chi connectivity index (χ4v) is 2.12. The molecule has 94 valence electrons. The summed E-state index contributed by atoms with van der Waals surface area (Å²) < 4.78 is 5.66. The minimum atomic E-state index is 0.665. The van der Waals surface area contributed by atoms with Crippen molar-refractivity contribution in [1.29, 1.82) is 0 Å². The van der Waals surface area contributed by atoms with Gasteiger partial charge in [-0.1, -0.05) is 30.9 Å². The fourth-order valence-electron chi connectivity index (χ4n) is 1.95. The van der Waals surface area contributed by atoms with E-state index in [2.05, 4.69) is 10.3 Å². The van der Waals surface area contributed by atoms with Crippen molar-refractivity contribution in [3.05, 3.63) is 22.8 Å². The van der Waals surface area contributed by atoms with Gasteiger partial charge >= 0.3 is 0 Å². The number of aromatic nitrogens is 1. The van der Waals surface area contributed by atoms with Gasteiger partial charge in [-0.2, -0.15) is 0 Å². The molecule has 2 rings (SSSR count). The lowest BCUT2D eigenvalue weighted by molar-refractivity contribution is 0.217. The molecule has 0 unspecified atom stereocenters. The van der Waals surface area contributed by atoms with E-state index in [1.807, 2.05) is 19.2 Å². The highest BCUT2D eigenvalue weighted by atomic mass is 35.5. The lowest BCUT2D eigenvalue weighted by atomic mass is 9.83. The quantitative estimate of drug-likeness (QED) is 0.847. The molecule has 17 heavy (non-hydrogen) atoms. The van der Waals surface area contributed by atoms with Crippen molar-refractivity contribution in [1.82, 2.24) is 10.3 Å². The van der Waals surface area contributed by atoms with Crippen LogP contribution < -0.4 is 10.1 Å². The van der Waals surface area contributed by atoms with Crippen LogP contribution in [-0.2, 0) is 6.54 Å². The first-order chi connectivity index (χ1) is 8.29. The highest BCUT2D eigenvalue weighted by Crippen LogP contribution is 2.29. The van der Waals surface area contributed by atoms with Gasteiger partial charge in [0.1, 0.15) is 0 Å². The molecule has 3 nitrogen and oxygen atoms in total. The molecule has 1 aliphatic rings. The highest BCUT2D eigenvalue weighted by molar-refractivity contribution is 6.31. The number of halogens is 1. The number of hydrogen-bond acceptors (Lipinski definition) is 3. The van der Waals surface area contributed by atoms with E-state index >= 15 is 0 Å². The van der Waals surface area contributed by atoms with Crippen LogP contribution in [0.25, 0.3) is 0 Å². The van der Waals surface area contributed by atoms with E-state index in [1.54, 1.807) is 0 Å². The largest absolute Gasteiger partial charge is 0.478 e. The smallest absolute Gasteiger partial charge is 0.213 e. The van der Waals surface area contributed by atoms with E-state index in [0.717, 1.165) is 24.6 Å². The second-order valence-electron chi connectivity index (χ2n) is 4.54. The first-order valence-electron chi connectivity index (χ1n) is 6.22. The third-order valence-electron chi connectivity index (χ3n) is 3.24. The summed E-state index contributed by atoms with van der Waals surface area (Å²) in [5.41, 5.74) is 0.843. The van der Waals surface area contributed by atoms with E-state index in [-0.39, 0.29) is 0 Å². The van der Waals surface area contributed by atoms with Crippen LogP contribution in [0, 0.1) is 5.92 Å². The van der Waals surface area contributed by atoms with E-state index in [1.165, 1.54) is 19.3 Å². The van der Waals surface area contributed by atoms with Crippen LogP contribution in [0.5, 0.6) is 5.88 Å². The maximum Gasteiger partial charge on any atom is 0.213 e. The van der Waals surface area contributed by atoms with E-state index in [4.69, 9.17) is 16.3 Å². The minimum absolute atomic E-state index is 0.665. The summed E-state index contributed by atoms with van der Waals surface area (Å²) in [5.74, 6) is 1.55. The number of nitrogens with one attached hydrogen (secondary N) is 1. The number of pyridine rings is 1. The molecule has 1 aromatic heterocycles. The van der Waals surface area contributed by atoms with Crippen molar-refractivity contribution in [2.24, 2.45) is 5.92 Å². The van der Waals surface area contributed by atoms with Crippen molar-refractivity contribution in [3.63, 3.8) is 0 Å². The standard InChI is InChI=1S/C13H19ClN2O/c1-15-9-12-11(14)5-6-13(16-12)17-8-7-10-3-2-4-10/h5-6,10,15H,2-4,7-9H2,1H3. The summed E-state index contributed by atoms with van der Waals surface area (Å²) in [6.07, 6.45) is 5.26. The average Bonchev–Trinajstić information content (AvgIpc) is 2.26. The van der Waals surface area contributed by atoms with Gasteiger partial charge in [-0.3, -0.25) is 0 Å². The van der Waals surface area contributed by atoms with Gasteiger partial charge in [-0.05, 0) is 25.5 Å². The van der Waals surface area contributed by atoms with E-state index in [9.17, 15) is 0 Å². The molecule has 0 spiro atoms. The molecule has 1 fully saturated rings. The molecule has 0 amide bonds. The predicted molar refractivity (Wildman–Crippen MR) is 69.5 cm³/mol. The molecule has 1 heterocycles. The van der Waals surface area contributed by atoms with Crippen molar-refractivity contribution in [3.8, 4) is 5.88 Å². The van der Waals surface area contributed by atoms with Gasteiger partial charge in [0.2, 0.25) is 5.88 Å². The first-order valence-corrected chi connectivity index (χ1v) is 6.60. The van der Waals surface area contributed by atoms with Crippen LogP contribution in [0.2, 0.25) is 5.02 Å². The Kier molecular flexibility index (Phi) is 4.63. The number of nitrogens with zero attached hydrogens (tertiary/aromatic N) is 1. The zero-order valence-corrected chi connectivity index (χ0v) is 11.0. The molecule has 1 N–H and O–H groups in total. The Morgan fingerprint density at radius 3 is 2.94 bits per heavy atom. The van der Waals surface area contributed by atoms with Gasteiger partial charge in [0.25, 0.3) is 0 Å². The number of hydrogen-bond donors (Lipinski definition) is 1. The maximum absolute atomic E-state index is 6.03. The monoisotopic (exact) mass is 254 g/mol. The minimum Gasteiger partial charge on any atom is -0.478 e. The Bertz CT molecular complexity index is 366. The average molecular weight is 255 g/mol. The summed E-state index contributed by atoms with van der Waals surface area (Å²) in [6, 6.07) is 3.68. The van der Waals surface area contributed by atoms with Crippen molar-refractivity contribution in [2.75, 3.05) is 13.7 Å².